The van der Waals surface area contributed by atoms with E-state index >= 15 is 0 Å². The van der Waals surface area contributed by atoms with Crippen LogP contribution < -0.4 is 5.73 Å². The second-order valence-electron chi connectivity index (χ2n) is 5.13. The molecule has 0 unspecified atom stereocenters. The second kappa shape index (κ2) is 5.22. The van der Waals surface area contributed by atoms with Crippen LogP contribution in [0.1, 0.15) is 32.1 Å². The van der Waals surface area contributed by atoms with Crippen molar-refractivity contribution in [2.75, 3.05) is 11.5 Å². The fourth-order valence-electron chi connectivity index (χ4n) is 2.62. The molecule has 0 aliphatic heterocycles. The van der Waals surface area contributed by atoms with Gasteiger partial charge in [-0.1, -0.05) is 31.0 Å². The molecule has 96 valence electrons. The third-order valence-corrected chi connectivity index (χ3v) is 4.77. The Labute approximate surface area is 112 Å². The van der Waals surface area contributed by atoms with Crippen LogP contribution in [0.4, 0.5) is 5.69 Å². The van der Waals surface area contributed by atoms with Gasteiger partial charge >= 0.3 is 0 Å². The van der Waals surface area contributed by atoms with Crippen LogP contribution in [0.2, 0.25) is 0 Å². The molecule has 0 radical (unpaired) electrons. The van der Waals surface area contributed by atoms with Gasteiger partial charge < -0.3 is 10.7 Å². The van der Waals surface area contributed by atoms with Gasteiger partial charge in [0.1, 0.15) is 0 Å². The van der Waals surface area contributed by atoms with Crippen molar-refractivity contribution in [3.63, 3.8) is 0 Å². The van der Waals surface area contributed by atoms with Gasteiger partial charge in [0, 0.05) is 11.4 Å². The second-order valence-corrected chi connectivity index (χ2v) is 6.14. The zero-order chi connectivity index (χ0) is 12.4. The molecule has 2 aromatic rings. The highest BCUT2D eigenvalue weighted by Crippen LogP contribution is 2.29. The first-order chi connectivity index (χ1) is 8.81. The largest absolute Gasteiger partial charge is 0.399 e. The number of hydrogen-bond acceptors (Lipinski definition) is 3. The molecule has 4 heteroatoms. The van der Waals surface area contributed by atoms with Crippen LogP contribution in [0.3, 0.4) is 0 Å². The summed E-state index contributed by atoms with van der Waals surface area (Å²) in [4.78, 5) is 7.94. The molecule has 1 aromatic heterocycles. The zero-order valence-electron chi connectivity index (χ0n) is 10.5. The number of nitrogens with zero attached hydrogens (tertiary/aromatic N) is 1. The van der Waals surface area contributed by atoms with Crippen molar-refractivity contribution in [2.24, 2.45) is 5.92 Å². The van der Waals surface area contributed by atoms with Crippen molar-refractivity contribution in [3.05, 3.63) is 18.2 Å². The van der Waals surface area contributed by atoms with Gasteiger partial charge in [-0.25, -0.2) is 4.98 Å². The number of aromatic amines is 1. The molecule has 1 fully saturated rings. The number of anilines is 1. The summed E-state index contributed by atoms with van der Waals surface area (Å²) >= 11 is 1.85. The molecule has 1 aliphatic carbocycles. The summed E-state index contributed by atoms with van der Waals surface area (Å²) < 4.78 is 0. The Morgan fingerprint density at radius 1 is 1.28 bits per heavy atom. The van der Waals surface area contributed by atoms with Crippen LogP contribution >= 0.6 is 11.8 Å². The zero-order valence-corrected chi connectivity index (χ0v) is 11.3. The fraction of sp³-hybridized carbons (Fsp3) is 0.500. The normalized spacial score (nSPS) is 17.3. The summed E-state index contributed by atoms with van der Waals surface area (Å²) in [6, 6.07) is 5.83. The molecule has 3 nitrogen and oxygen atoms in total. The summed E-state index contributed by atoms with van der Waals surface area (Å²) in [5.41, 5.74) is 8.61. The van der Waals surface area contributed by atoms with Crippen LogP contribution in [-0.4, -0.2) is 15.7 Å². The third-order valence-electron chi connectivity index (χ3n) is 3.66. The Hall–Kier alpha value is -1.16. The van der Waals surface area contributed by atoms with E-state index in [-0.39, 0.29) is 0 Å². The molecule has 0 spiro atoms. The molecular weight excluding hydrogens is 242 g/mol. The standard InChI is InChI=1S/C14H19N3S/c15-11-6-7-12-13(8-11)17-14(16-12)18-9-10-4-2-1-3-5-10/h6-8,10H,1-5,9,15H2,(H,16,17). The topological polar surface area (TPSA) is 54.7 Å². The average Bonchev–Trinajstić information content (AvgIpc) is 2.79. The quantitative estimate of drug-likeness (QED) is 0.652. The van der Waals surface area contributed by atoms with Gasteiger partial charge in [0.05, 0.1) is 11.0 Å². The molecule has 0 amide bonds. The van der Waals surface area contributed by atoms with E-state index in [2.05, 4.69) is 9.97 Å². The number of benzene rings is 1. The van der Waals surface area contributed by atoms with Crippen molar-refractivity contribution < 1.29 is 0 Å². The van der Waals surface area contributed by atoms with Crippen molar-refractivity contribution in [1.29, 1.82) is 0 Å². The first kappa shape index (κ1) is 11.9. The molecule has 1 aromatic carbocycles. The van der Waals surface area contributed by atoms with Crippen molar-refractivity contribution in [3.8, 4) is 0 Å². The van der Waals surface area contributed by atoms with Gasteiger partial charge in [-0.3, -0.25) is 0 Å². The number of nitrogens with one attached hydrogen (secondary N) is 1. The Morgan fingerprint density at radius 2 is 2.11 bits per heavy atom. The smallest absolute Gasteiger partial charge is 0.166 e. The van der Waals surface area contributed by atoms with E-state index in [1.54, 1.807) is 0 Å². The van der Waals surface area contributed by atoms with Crippen LogP contribution in [-0.2, 0) is 0 Å². The van der Waals surface area contributed by atoms with E-state index in [1.807, 2.05) is 30.0 Å². The predicted molar refractivity (Wildman–Crippen MR) is 77.8 cm³/mol. The summed E-state index contributed by atoms with van der Waals surface area (Å²) in [5.74, 6) is 2.07. The monoisotopic (exact) mass is 261 g/mol. The molecule has 1 heterocycles. The Kier molecular flexibility index (Phi) is 3.46. The van der Waals surface area contributed by atoms with Crippen LogP contribution in [0, 0.1) is 5.92 Å². The van der Waals surface area contributed by atoms with Gasteiger partial charge in [0.15, 0.2) is 5.16 Å². The molecule has 18 heavy (non-hydrogen) atoms. The SMILES string of the molecule is Nc1ccc2nc(SCC3CCCCC3)[nH]c2c1. The maximum Gasteiger partial charge on any atom is 0.166 e. The van der Waals surface area contributed by atoms with Gasteiger partial charge in [-0.05, 0) is 37.0 Å². The molecule has 0 atom stereocenters. The number of aromatic nitrogens is 2. The van der Waals surface area contributed by atoms with E-state index in [0.29, 0.717) is 0 Å². The van der Waals surface area contributed by atoms with Crippen LogP contribution in [0.15, 0.2) is 23.4 Å². The molecule has 3 rings (SSSR count). The Morgan fingerprint density at radius 3 is 2.94 bits per heavy atom. The lowest BCUT2D eigenvalue weighted by Gasteiger charge is -2.20. The number of nitrogen functional groups attached to an aromatic ring is 1. The summed E-state index contributed by atoms with van der Waals surface area (Å²) in [6.45, 7) is 0. The Balaban J connectivity index is 1.67. The summed E-state index contributed by atoms with van der Waals surface area (Å²) in [7, 11) is 0. The Bertz CT molecular complexity index is 529. The number of fused-ring (bicyclic) bond motifs is 1. The fourth-order valence-corrected chi connectivity index (χ4v) is 3.69. The molecular formula is C14H19N3S. The van der Waals surface area contributed by atoms with Gasteiger partial charge in [0.2, 0.25) is 0 Å². The molecule has 3 N–H and O–H groups in total. The van der Waals surface area contributed by atoms with E-state index in [9.17, 15) is 0 Å². The highest BCUT2D eigenvalue weighted by atomic mass is 32.2. The van der Waals surface area contributed by atoms with E-state index in [1.165, 1.54) is 37.9 Å². The average molecular weight is 261 g/mol. The van der Waals surface area contributed by atoms with E-state index in [0.717, 1.165) is 27.8 Å². The molecule has 0 saturated heterocycles. The van der Waals surface area contributed by atoms with Gasteiger partial charge in [-0.2, -0.15) is 0 Å². The maximum absolute atomic E-state index is 5.77. The minimum Gasteiger partial charge on any atom is -0.399 e. The van der Waals surface area contributed by atoms with Crippen molar-refractivity contribution in [2.45, 2.75) is 37.3 Å². The van der Waals surface area contributed by atoms with Crippen LogP contribution in [0.25, 0.3) is 11.0 Å². The molecule has 1 saturated carbocycles. The minimum absolute atomic E-state index is 0.787. The van der Waals surface area contributed by atoms with Crippen molar-refractivity contribution in [1.82, 2.24) is 9.97 Å². The minimum atomic E-state index is 0.787. The van der Waals surface area contributed by atoms with Gasteiger partial charge in [-0.15, -0.1) is 0 Å². The summed E-state index contributed by atoms with van der Waals surface area (Å²) in [6.07, 6.45) is 7.01. The maximum atomic E-state index is 5.77. The number of imidazole rings is 1. The van der Waals surface area contributed by atoms with Crippen LogP contribution in [0.5, 0.6) is 0 Å². The highest BCUT2D eigenvalue weighted by molar-refractivity contribution is 7.99. The van der Waals surface area contributed by atoms with Crippen molar-refractivity contribution >= 4 is 28.5 Å². The number of nitrogens with two attached hydrogens (primary N) is 1. The van der Waals surface area contributed by atoms with Gasteiger partial charge in [0.25, 0.3) is 0 Å². The molecule has 1 aliphatic rings. The summed E-state index contributed by atoms with van der Waals surface area (Å²) in [5, 5.41) is 1.03. The lowest BCUT2D eigenvalue weighted by molar-refractivity contribution is 0.391. The first-order valence-corrected chi connectivity index (χ1v) is 7.68. The first-order valence-electron chi connectivity index (χ1n) is 6.69. The third kappa shape index (κ3) is 2.64. The lowest BCUT2D eigenvalue weighted by atomic mass is 9.91. The number of hydrogen-bond donors (Lipinski definition) is 2. The van der Waals surface area contributed by atoms with E-state index < -0.39 is 0 Å². The lowest BCUT2D eigenvalue weighted by Crippen LogP contribution is -2.08. The number of rotatable bonds is 3. The predicted octanol–water partition coefficient (Wildman–Crippen LogP) is 3.82. The van der Waals surface area contributed by atoms with E-state index in [4.69, 9.17) is 5.73 Å². The number of thioether (sulfide) groups is 1. The number of H-pyrrole nitrogens is 1. The highest BCUT2D eigenvalue weighted by Gasteiger charge is 2.14. The molecule has 0 bridgehead atoms.